The number of aromatic nitrogens is 2. The van der Waals surface area contributed by atoms with Crippen LogP contribution in [0.3, 0.4) is 0 Å². The molecule has 0 unspecified atom stereocenters. The van der Waals surface area contributed by atoms with Gasteiger partial charge in [0.2, 0.25) is 0 Å². The van der Waals surface area contributed by atoms with E-state index in [0.717, 1.165) is 17.9 Å². The highest BCUT2D eigenvalue weighted by Crippen LogP contribution is 2.20. The standard InChI is InChI=1S/C10H12N4S/c1-14(5-8-6-15-7-13-8)9-3-2-4-12-10(9)11/h2-4,6-7H,5H2,1H3,(H2,11,12). The molecule has 0 radical (unpaired) electrons. The van der Waals surface area contributed by atoms with E-state index in [4.69, 9.17) is 5.73 Å². The molecule has 0 aliphatic rings. The average molecular weight is 220 g/mol. The topological polar surface area (TPSA) is 55.0 Å². The fraction of sp³-hybridized carbons (Fsp3) is 0.200. The highest BCUT2D eigenvalue weighted by Gasteiger charge is 2.06. The molecule has 2 aromatic rings. The van der Waals surface area contributed by atoms with Gasteiger partial charge in [0.1, 0.15) is 5.82 Å². The number of anilines is 2. The summed E-state index contributed by atoms with van der Waals surface area (Å²) in [5, 5.41) is 2.03. The fourth-order valence-electron chi connectivity index (χ4n) is 1.38. The van der Waals surface area contributed by atoms with Gasteiger partial charge < -0.3 is 10.6 Å². The summed E-state index contributed by atoms with van der Waals surface area (Å²) in [6, 6.07) is 3.83. The summed E-state index contributed by atoms with van der Waals surface area (Å²) in [7, 11) is 1.98. The van der Waals surface area contributed by atoms with Gasteiger partial charge in [-0.1, -0.05) is 0 Å². The predicted molar refractivity (Wildman–Crippen MR) is 62.9 cm³/mol. The number of nitrogen functional groups attached to an aromatic ring is 1. The Hall–Kier alpha value is -1.62. The second kappa shape index (κ2) is 4.27. The van der Waals surface area contributed by atoms with Crippen molar-refractivity contribution in [2.75, 3.05) is 17.7 Å². The van der Waals surface area contributed by atoms with Crippen molar-refractivity contribution in [3.63, 3.8) is 0 Å². The van der Waals surface area contributed by atoms with Gasteiger partial charge in [-0.25, -0.2) is 9.97 Å². The van der Waals surface area contributed by atoms with Crippen LogP contribution in [0.1, 0.15) is 5.69 Å². The molecule has 4 nitrogen and oxygen atoms in total. The van der Waals surface area contributed by atoms with Crippen LogP contribution in [-0.4, -0.2) is 17.0 Å². The van der Waals surface area contributed by atoms with Gasteiger partial charge in [0, 0.05) is 18.6 Å². The van der Waals surface area contributed by atoms with Gasteiger partial charge in [-0.15, -0.1) is 11.3 Å². The number of nitrogens with zero attached hydrogens (tertiary/aromatic N) is 3. The lowest BCUT2D eigenvalue weighted by atomic mass is 10.3. The highest BCUT2D eigenvalue weighted by molar-refractivity contribution is 7.07. The van der Waals surface area contributed by atoms with Crippen LogP contribution in [0.5, 0.6) is 0 Å². The maximum atomic E-state index is 5.78. The van der Waals surface area contributed by atoms with Gasteiger partial charge in [0.05, 0.1) is 23.4 Å². The van der Waals surface area contributed by atoms with Gasteiger partial charge in [-0.3, -0.25) is 0 Å². The van der Waals surface area contributed by atoms with Gasteiger partial charge in [-0.2, -0.15) is 0 Å². The molecule has 0 bridgehead atoms. The average Bonchev–Trinajstić information content (AvgIpc) is 2.71. The highest BCUT2D eigenvalue weighted by atomic mass is 32.1. The van der Waals surface area contributed by atoms with E-state index >= 15 is 0 Å². The second-order valence-corrected chi connectivity index (χ2v) is 3.96. The van der Waals surface area contributed by atoms with E-state index in [2.05, 4.69) is 9.97 Å². The van der Waals surface area contributed by atoms with Crippen molar-refractivity contribution < 1.29 is 0 Å². The first-order valence-corrected chi connectivity index (χ1v) is 5.50. The summed E-state index contributed by atoms with van der Waals surface area (Å²) in [6.45, 7) is 0.749. The summed E-state index contributed by atoms with van der Waals surface area (Å²) >= 11 is 1.60. The monoisotopic (exact) mass is 220 g/mol. The lowest BCUT2D eigenvalue weighted by Crippen LogP contribution is -2.18. The molecule has 2 aromatic heterocycles. The molecule has 0 fully saturated rings. The molecule has 0 spiro atoms. The molecule has 78 valence electrons. The van der Waals surface area contributed by atoms with Crippen molar-refractivity contribution in [2.45, 2.75) is 6.54 Å². The van der Waals surface area contributed by atoms with Crippen LogP contribution in [-0.2, 0) is 6.54 Å². The number of hydrogen-bond acceptors (Lipinski definition) is 5. The lowest BCUT2D eigenvalue weighted by Gasteiger charge is -2.18. The Balaban J connectivity index is 2.15. The summed E-state index contributed by atoms with van der Waals surface area (Å²) in [6.07, 6.45) is 1.69. The Labute approximate surface area is 92.4 Å². The number of nitrogens with two attached hydrogens (primary N) is 1. The predicted octanol–water partition coefficient (Wildman–Crippen LogP) is 1.76. The first-order chi connectivity index (χ1) is 7.27. The molecule has 2 rings (SSSR count). The van der Waals surface area contributed by atoms with Gasteiger partial charge in [0.15, 0.2) is 0 Å². The fourth-order valence-corrected chi connectivity index (χ4v) is 1.93. The number of rotatable bonds is 3. The van der Waals surface area contributed by atoms with E-state index in [1.54, 1.807) is 17.5 Å². The van der Waals surface area contributed by atoms with Gasteiger partial charge in [0.25, 0.3) is 0 Å². The zero-order valence-electron chi connectivity index (χ0n) is 8.42. The summed E-state index contributed by atoms with van der Waals surface area (Å²) < 4.78 is 0. The molecular formula is C10H12N4S. The Morgan fingerprint density at radius 1 is 1.47 bits per heavy atom. The number of thiazole rings is 1. The van der Waals surface area contributed by atoms with Crippen LogP contribution >= 0.6 is 11.3 Å². The minimum atomic E-state index is 0.551. The van der Waals surface area contributed by atoms with Crippen molar-refractivity contribution in [1.29, 1.82) is 0 Å². The third-order valence-corrected chi connectivity index (χ3v) is 2.75. The largest absolute Gasteiger partial charge is 0.382 e. The van der Waals surface area contributed by atoms with Crippen LogP contribution in [0.25, 0.3) is 0 Å². The number of hydrogen-bond donors (Lipinski definition) is 1. The minimum absolute atomic E-state index is 0.551. The summed E-state index contributed by atoms with van der Waals surface area (Å²) in [4.78, 5) is 10.3. The third kappa shape index (κ3) is 2.24. The van der Waals surface area contributed by atoms with Gasteiger partial charge >= 0.3 is 0 Å². The van der Waals surface area contributed by atoms with Crippen LogP contribution in [0.15, 0.2) is 29.2 Å². The summed E-state index contributed by atoms with van der Waals surface area (Å²) in [5.74, 6) is 0.551. The van der Waals surface area contributed by atoms with Crippen LogP contribution < -0.4 is 10.6 Å². The molecule has 0 aliphatic heterocycles. The molecule has 0 aliphatic carbocycles. The quantitative estimate of drug-likeness (QED) is 0.856. The van der Waals surface area contributed by atoms with Crippen molar-refractivity contribution in [1.82, 2.24) is 9.97 Å². The lowest BCUT2D eigenvalue weighted by molar-refractivity contribution is 0.893. The molecule has 0 atom stereocenters. The van der Waals surface area contributed by atoms with E-state index in [9.17, 15) is 0 Å². The van der Waals surface area contributed by atoms with Gasteiger partial charge in [-0.05, 0) is 12.1 Å². The van der Waals surface area contributed by atoms with Crippen LogP contribution in [0.2, 0.25) is 0 Å². The summed E-state index contributed by atoms with van der Waals surface area (Å²) in [5.41, 5.74) is 9.59. The zero-order chi connectivity index (χ0) is 10.7. The molecule has 0 amide bonds. The van der Waals surface area contributed by atoms with Crippen molar-refractivity contribution >= 4 is 22.8 Å². The Kier molecular flexibility index (Phi) is 2.82. The van der Waals surface area contributed by atoms with Crippen LogP contribution in [0, 0.1) is 0 Å². The Morgan fingerprint density at radius 2 is 2.33 bits per heavy atom. The zero-order valence-corrected chi connectivity index (χ0v) is 9.24. The Bertz CT molecular complexity index is 427. The molecular weight excluding hydrogens is 208 g/mol. The maximum absolute atomic E-state index is 5.78. The van der Waals surface area contributed by atoms with E-state index in [0.29, 0.717) is 5.82 Å². The maximum Gasteiger partial charge on any atom is 0.146 e. The first kappa shape index (κ1) is 9.92. The molecule has 2 N–H and O–H groups in total. The second-order valence-electron chi connectivity index (χ2n) is 3.24. The SMILES string of the molecule is CN(Cc1cscn1)c1cccnc1N. The number of pyridine rings is 1. The van der Waals surface area contributed by atoms with E-state index in [1.807, 2.05) is 35.0 Å². The molecule has 0 saturated heterocycles. The minimum Gasteiger partial charge on any atom is -0.382 e. The molecule has 5 heteroatoms. The van der Waals surface area contributed by atoms with Crippen molar-refractivity contribution in [3.05, 3.63) is 34.9 Å². The molecule has 0 saturated carbocycles. The van der Waals surface area contributed by atoms with Crippen molar-refractivity contribution in [2.24, 2.45) is 0 Å². The molecule has 15 heavy (non-hydrogen) atoms. The van der Waals surface area contributed by atoms with E-state index in [-0.39, 0.29) is 0 Å². The molecule has 0 aromatic carbocycles. The van der Waals surface area contributed by atoms with E-state index in [1.165, 1.54) is 0 Å². The third-order valence-electron chi connectivity index (χ3n) is 2.11. The van der Waals surface area contributed by atoms with Crippen LogP contribution in [0.4, 0.5) is 11.5 Å². The Morgan fingerprint density at radius 3 is 3.00 bits per heavy atom. The van der Waals surface area contributed by atoms with Crippen molar-refractivity contribution in [3.8, 4) is 0 Å². The molecule has 2 heterocycles. The van der Waals surface area contributed by atoms with E-state index < -0.39 is 0 Å². The smallest absolute Gasteiger partial charge is 0.146 e. The normalized spacial score (nSPS) is 10.2. The first-order valence-electron chi connectivity index (χ1n) is 4.56.